The van der Waals surface area contributed by atoms with Crippen molar-refractivity contribution in [2.24, 2.45) is 0 Å². The average Bonchev–Trinajstić information content (AvgIpc) is 2.75. The fourth-order valence-corrected chi connectivity index (χ4v) is 2.57. The van der Waals surface area contributed by atoms with Crippen LogP contribution in [-0.4, -0.2) is 41.5 Å². The van der Waals surface area contributed by atoms with Gasteiger partial charge in [-0.15, -0.1) is 0 Å². The number of ether oxygens (including phenoxy) is 2. The zero-order valence-corrected chi connectivity index (χ0v) is 13.3. The summed E-state index contributed by atoms with van der Waals surface area (Å²) in [6, 6.07) is 3.74. The number of halogens is 1. The van der Waals surface area contributed by atoms with Gasteiger partial charge in [-0.2, -0.15) is 0 Å². The summed E-state index contributed by atoms with van der Waals surface area (Å²) in [4.78, 5) is 15.0. The largest absolute Gasteiger partial charge is 0.495 e. The Hall–Kier alpha value is -1.80. The van der Waals surface area contributed by atoms with Crippen LogP contribution in [0.2, 0.25) is 0 Å². The molecule has 0 aliphatic heterocycles. The second-order valence-corrected chi connectivity index (χ2v) is 5.19. The number of imidazole rings is 1. The van der Waals surface area contributed by atoms with Gasteiger partial charge in [0.25, 0.3) is 0 Å². The van der Waals surface area contributed by atoms with E-state index in [1.807, 2.05) is 16.7 Å². The van der Waals surface area contributed by atoms with Crippen LogP contribution in [0.3, 0.4) is 0 Å². The minimum absolute atomic E-state index is 0.292. The fraction of sp³-hybridized carbons (Fsp3) is 0.385. The summed E-state index contributed by atoms with van der Waals surface area (Å²) < 4.78 is 13.2. The minimum atomic E-state index is -1.05. The zero-order chi connectivity index (χ0) is 15.4. The van der Waals surface area contributed by atoms with Gasteiger partial charge in [-0.1, -0.05) is 0 Å². The summed E-state index contributed by atoms with van der Waals surface area (Å²) in [5.74, 6) is 1.45. The summed E-state index contributed by atoms with van der Waals surface area (Å²) in [6.07, 6.45) is -0.571. The highest BCUT2D eigenvalue weighted by Crippen LogP contribution is 2.30. The van der Waals surface area contributed by atoms with E-state index in [9.17, 15) is 4.79 Å². The summed E-state index contributed by atoms with van der Waals surface area (Å²) in [6.45, 7) is 0.629. The third-order valence-electron chi connectivity index (χ3n) is 2.98. The Morgan fingerprint density at radius 3 is 2.86 bits per heavy atom. The molecule has 0 saturated heterocycles. The molecule has 0 spiro atoms. The van der Waals surface area contributed by atoms with Crippen molar-refractivity contribution in [3.8, 4) is 5.75 Å². The summed E-state index contributed by atoms with van der Waals surface area (Å²) >= 11 is 3.43. The molecule has 1 heterocycles. The minimum Gasteiger partial charge on any atom is -0.495 e. The molecule has 8 heteroatoms. The summed E-state index contributed by atoms with van der Waals surface area (Å²) in [5, 5.41) is 11.0. The van der Waals surface area contributed by atoms with Crippen LogP contribution in [0.5, 0.6) is 5.75 Å². The van der Waals surface area contributed by atoms with Crippen LogP contribution in [-0.2, 0) is 17.9 Å². The Bertz CT molecular complexity index is 656. The fourth-order valence-electron chi connectivity index (χ4n) is 2.08. The number of aromatic nitrogens is 2. The predicted octanol–water partition coefficient (Wildman–Crippen LogP) is 2.22. The van der Waals surface area contributed by atoms with Gasteiger partial charge < -0.3 is 24.5 Å². The third kappa shape index (κ3) is 3.45. The van der Waals surface area contributed by atoms with E-state index in [-0.39, 0.29) is 0 Å². The number of hydrogen-bond acceptors (Lipinski definition) is 4. The molecule has 1 aromatic carbocycles. The lowest BCUT2D eigenvalue weighted by atomic mass is 10.3. The second kappa shape index (κ2) is 6.77. The SMILES string of the molecule is COCn1c(CCNC(=O)O)nc2cc(Br)c(OC)cc21. The number of carbonyl (C=O) groups is 1. The first kappa shape index (κ1) is 15.6. The van der Waals surface area contributed by atoms with Gasteiger partial charge in [0.2, 0.25) is 0 Å². The van der Waals surface area contributed by atoms with Crippen LogP contribution >= 0.6 is 15.9 Å². The monoisotopic (exact) mass is 357 g/mol. The number of rotatable bonds is 6. The molecule has 0 atom stereocenters. The van der Waals surface area contributed by atoms with E-state index in [2.05, 4.69) is 26.2 Å². The van der Waals surface area contributed by atoms with E-state index in [1.165, 1.54) is 0 Å². The molecule has 7 nitrogen and oxygen atoms in total. The van der Waals surface area contributed by atoms with Gasteiger partial charge in [-0.05, 0) is 22.0 Å². The first-order valence-electron chi connectivity index (χ1n) is 6.25. The molecule has 114 valence electrons. The topological polar surface area (TPSA) is 85.6 Å². The number of hydrogen-bond donors (Lipinski definition) is 2. The number of fused-ring (bicyclic) bond motifs is 1. The van der Waals surface area contributed by atoms with Crippen molar-refractivity contribution in [3.63, 3.8) is 0 Å². The van der Waals surface area contributed by atoms with E-state index in [0.29, 0.717) is 25.4 Å². The van der Waals surface area contributed by atoms with Gasteiger partial charge >= 0.3 is 6.09 Å². The number of carboxylic acid groups (broad SMARTS) is 1. The molecule has 0 fully saturated rings. The van der Waals surface area contributed by atoms with Gasteiger partial charge in [-0.25, -0.2) is 9.78 Å². The van der Waals surface area contributed by atoms with E-state index >= 15 is 0 Å². The number of amides is 1. The molecule has 2 rings (SSSR count). The van der Waals surface area contributed by atoms with E-state index in [0.717, 1.165) is 21.3 Å². The van der Waals surface area contributed by atoms with Gasteiger partial charge in [-0.3, -0.25) is 0 Å². The molecule has 0 aliphatic carbocycles. The number of nitrogens with zero attached hydrogens (tertiary/aromatic N) is 2. The molecular formula is C13H16BrN3O4. The van der Waals surface area contributed by atoms with Gasteiger partial charge in [0.1, 0.15) is 18.3 Å². The molecule has 0 unspecified atom stereocenters. The lowest BCUT2D eigenvalue weighted by Crippen LogP contribution is -2.24. The van der Waals surface area contributed by atoms with Crippen molar-refractivity contribution in [3.05, 3.63) is 22.4 Å². The average molecular weight is 358 g/mol. The van der Waals surface area contributed by atoms with Crippen molar-refractivity contribution < 1.29 is 19.4 Å². The Kier molecular flexibility index (Phi) is 5.03. The smallest absolute Gasteiger partial charge is 0.404 e. The van der Waals surface area contributed by atoms with Crippen molar-refractivity contribution >= 4 is 33.1 Å². The molecule has 1 aromatic heterocycles. The van der Waals surface area contributed by atoms with Crippen LogP contribution in [0, 0.1) is 0 Å². The van der Waals surface area contributed by atoms with E-state index in [4.69, 9.17) is 14.6 Å². The van der Waals surface area contributed by atoms with Gasteiger partial charge in [0.05, 0.1) is 22.6 Å². The normalized spacial score (nSPS) is 10.8. The maximum atomic E-state index is 10.5. The van der Waals surface area contributed by atoms with Crippen LogP contribution in [0.1, 0.15) is 5.82 Å². The zero-order valence-electron chi connectivity index (χ0n) is 11.7. The summed E-state index contributed by atoms with van der Waals surface area (Å²) in [5.41, 5.74) is 1.67. The number of benzene rings is 1. The highest BCUT2D eigenvalue weighted by Gasteiger charge is 2.13. The molecule has 21 heavy (non-hydrogen) atoms. The lowest BCUT2D eigenvalue weighted by Gasteiger charge is -2.09. The second-order valence-electron chi connectivity index (χ2n) is 4.33. The highest BCUT2D eigenvalue weighted by atomic mass is 79.9. The van der Waals surface area contributed by atoms with E-state index in [1.54, 1.807) is 14.2 Å². The van der Waals surface area contributed by atoms with Crippen molar-refractivity contribution in [2.75, 3.05) is 20.8 Å². The van der Waals surface area contributed by atoms with E-state index < -0.39 is 6.09 Å². The van der Waals surface area contributed by atoms with Crippen LogP contribution in [0.15, 0.2) is 16.6 Å². The van der Waals surface area contributed by atoms with Gasteiger partial charge in [0, 0.05) is 26.1 Å². The predicted molar refractivity (Wildman–Crippen MR) is 80.7 cm³/mol. The van der Waals surface area contributed by atoms with Crippen LogP contribution in [0.4, 0.5) is 4.79 Å². The van der Waals surface area contributed by atoms with Gasteiger partial charge in [0.15, 0.2) is 0 Å². The first-order valence-corrected chi connectivity index (χ1v) is 7.04. The maximum absolute atomic E-state index is 10.5. The molecule has 0 aliphatic rings. The number of methoxy groups -OCH3 is 2. The van der Waals surface area contributed by atoms with Crippen molar-refractivity contribution in [2.45, 2.75) is 13.2 Å². The molecule has 0 bridgehead atoms. The first-order chi connectivity index (χ1) is 10.1. The molecular weight excluding hydrogens is 342 g/mol. The highest BCUT2D eigenvalue weighted by molar-refractivity contribution is 9.10. The standard InChI is InChI=1S/C13H16BrN3O4/c1-20-7-17-10-6-11(21-2)8(14)5-9(10)16-12(17)3-4-15-13(18)19/h5-6,15H,3-4,7H2,1-2H3,(H,18,19). The van der Waals surface area contributed by atoms with Crippen molar-refractivity contribution in [1.82, 2.24) is 14.9 Å². The number of nitrogens with one attached hydrogen (secondary N) is 1. The Morgan fingerprint density at radius 1 is 1.48 bits per heavy atom. The Balaban J connectivity index is 2.39. The van der Waals surface area contributed by atoms with Crippen molar-refractivity contribution in [1.29, 1.82) is 0 Å². The maximum Gasteiger partial charge on any atom is 0.404 e. The molecule has 0 saturated carbocycles. The Morgan fingerprint density at radius 2 is 2.24 bits per heavy atom. The molecule has 2 N–H and O–H groups in total. The Labute approximate surface area is 130 Å². The quantitative estimate of drug-likeness (QED) is 0.827. The van der Waals surface area contributed by atoms with Crippen LogP contribution in [0.25, 0.3) is 11.0 Å². The van der Waals surface area contributed by atoms with Crippen LogP contribution < -0.4 is 10.1 Å². The summed E-state index contributed by atoms with van der Waals surface area (Å²) in [7, 11) is 3.20. The molecule has 2 aromatic rings. The molecule has 0 radical (unpaired) electrons. The lowest BCUT2D eigenvalue weighted by molar-refractivity contribution is 0.132. The third-order valence-corrected chi connectivity index (χ3v) is 3.60. The molecule has 1 amide bonds.